The van der Waals surface area contributed by atoms with Crippen LogP contribution in [-0.2, 0) is 14.4 Å². The molecule has 2 amide bonds. The Bertz CT molecular complexity index is 472. The molecule has 0 saturated heterocycles. The van der Waals surface area contributed by atoms with E-state index in [1.807, 2.05) is 13.8 Å². The molecule has 2 atom stereocenters. The van der Waals surface area contributed by atoms with E-state index in [2.05, 4.69) is 12.2 Å². The molecule has 162 valence electrons. The Hall–Kier alpha value is -1.41. The number of amides is 2. The second-order valence-corrected chi connectivity index (χ2v) is 8.14. The van der Waals surface area contributed by atoms with Crippen LogP contribution in [0.3, 0.4) is 0 Å². The molecule has 0 aliphatic rings. The van der Waals surface area contributed by atoms with E-state index in [0.717, 1.165) is 19.3 Å². The fraction of sp³-hybridized carbons (Fsp3) is 0.850. The molecule has 0 aromatic heterocycles. The Kier molecular flexibility index (Phi) is 14.7. The molecular weight excluding hydrogens is 359 g/mol. The molecule has 5 N–H and O–H groups in total. The average molecular weight is 398 g/mol. The van der Waals surface area contributed by atoms with Gasteiger partial charge in [0.25, 0.3) is 0 Å². The lowest BCUT2D eigenvalue weighted by Gasteiger charge is -2.22. The molecule has 0 aromatic carbocycles. The second kappa shape index (κ2) is 15.5. The summed E-state index contributed by atoms with van der Waals surface area (Å²) in [5.74, 6) is -2.84. The van der Waals surface area contributed by atoms with Gasteiger partial charge in [0.1, 0.15) is 5.78 Å². The highest BCUT2D eigenvalue weighted by Gasteiger charge is 2.30. The summed E-state index contributed by atoms with van der Waals surface area (Å²) >= 11 is 0. The normalized spacial score (nSPS) is 13.2. The molecule has 7 nitrogen and oxygen atoms in total. The van der Waals surface area contributed by atoms with Crippen molar-refractivity contribution >= 4 is 24.7 Å². The fourth-order valence-electron chi connectivity index (χ4n) is 3.22. The van der Waals surface area contributed by atoms with Gasteiger partial charge in [-0.05, 0) is 18.8 Å². The average Bonchev–Trinajstić information content (AvgIpc) is 2.58. The molecule has 0 spiro atoms. The van der Waals surface area contributed by atoms with E-state index in [4.69, 9.17) is 5.73 Å². The van der Waals surface area contributed by atoms with Crippen LogP contribution < -0.4 is 11.1 Å². The van der Waals surface area contributed by atoms with Crippen molar-refractivity contribution in [2.75, 3.05) is 0 Å². The van der Waals surface area contributed by atoms with E-state index < -0.39 is 30.8 Å². The van der Waals surface area contributed by atoms with Crippen molar-refractivity contribution in [3.63, 3.8) is 0 Å². The van der Waals surface area contributed by atoms with E-state index in [1.165, 1.54) is 25.7 Å². The van der Waals surface area contributed by atoms with Crippen LogP contribution in [0.1, 0.15) is 91.4 Å². The number of primary amides is 1. The summed E-state index contributed by atoms with van der Waals surface area (Å²) in [4.78, 5) is 36.0. The van der Waals surface area contributed by atoms with Crippen molar-refractivity contribution in [3.8, 4) is 0 Å². The number of hydrogen-bond acceptors (Lipinski definition) is 5. The molecule has 0 bridgehead atoms. The Labute approximate surface area is 170 Å². The van der Waals surface area contributed by atoms with E-state index >= 15 is 0 Å². The van der Waals surface area contributed by atoms with Crippen LogP contribution >= 0.6 is 0 Å². The number of carbonyl (C=O) groups is 3. The van der Waals surface area contributed by atoms with Gasteiger partial charge in [-0.2, -0.15) is 0 Å². The van der Waals surface area contributed by atoms with Gasteiger partial charge in [0, 0.05) is 19.3 Å². The van der Waals surface area contributed by atoms with Crippen molar-refractivity contribution in [1.82, 2.24) is 5.32 Å². The monoisotopic (exact) mass is 398 g/mol. The van der Waals surface area contributed by atoms with Crippen molar-refractivity contribution in [2.24, 2.45) is 17.6 Å². The third kappa shape index (κ3) is 13.7. The lowest BCUT2D eigenvalue weighted by molar-refractivity contribution is -0.132. The third-order valence-corrected chi connectivity index (χ3v) is 4.76. The summed E-state index contributed by atoms with van der Waals surface area (Å²) in [6.45, 7) is 5.96. The molecule has 28 heavy (non-hydrogen) atoms. The first-order chi connectivity index (χ1) is 13.2. The zero-order valence-corrected chi connectivity index (χ0v) is 17.8. The standard InChI is InChI=1S/C20H39BN2O5/c1-4-5-6-7-8-9-10-11-17(24)13-16(14-19(22)25)20(26)23-18(21(27)28)12-15(2)3/h15-16,18,27-28H,4-14H2,1-3H3,(H2,22,25)(H,23,26)/t16-,18-/m0/s1. The molecule has 0 fully saturated rings. The number of nitrogens with one attached hydrogen (secondary N) is 1. The maximum absolute atomic E-state index is 12.5. The molecule has 0 saturated carbocycles. The van der Waals surface area contributed by atoms with Gasteiger partial charge < -0.3 is 21.1 Å². The Balaban J connectivity index is 4.53. The Morgan fingerprint density at radius 2 is 1.54 bits per heavy atom. The van der Waals surface area contributed by atoms with Gasteiger partial charge in [-0.1, -0.05) is 59.3 Å². The maximum Gasteiger partial charge on any atom is 0.475 e. The first-order valence-corrected chi connectivity index (χ1v) is 10.6. The summed E-state index contributed by atoms with van der Waals surface area (Å²) in [6, 6.07) is 0. The summed E-state index contributed by atoms with van der Waals surface area (Å²) in [6.07, 6.45) is 8.17. The zero-order valence-electron chi connectivity index (χ0n) is 17.8. The topological polar surface area (TPSA) is 130 Å². The quantitative estimate of drug-likeness (QED) is 0.220. The predicted octanol–water partition coefficient (Wildman–Crippen LogP) is 2.12. The van der Waals surface area contributed by atoms with E-state index in [1.54, 1.807) is 0 Å². The molecule has 0 unspecified atom stereocenters. The molecule has 8 heteroatoms. The summed E-state index contributed by atoms with van der Waals surface area (Å²) in [5, 5.41) is 21.5. The van der Waals surface area contributed by atoms with Crippen LogP contribution in [-0.4, -0.2) is 40.7 Å². The molecule has 0 radical (unpaired) electrons. The third-order valence-electron chi connectivity index (χ3n) is 4.76. The Morgan fingerprint density at radius 1 is 0.964 bits per heavy atom. The molecule has 0 aliphatic heterocycles. The minimum Gasteiger partial charge on any atom is -0.426 e. The van der Waals surface area contributed by atoms with Gasteiger partial charge >= 0.3 is 7.12 Å². The number of rotatable bonds is 17. The number of nitrogens with two attached hydrogens (primary N) is 1. The minimum atomic E-state index is -1.70. The van der Waals surface area contributed by atoms with Gasteiger partial charge in [0.05, 0.1) is 11.9 Å². The van der Waals surface area contributed by atoms with Gasteiger partial charge in [-0.25, -0.2) is 0 Å². The first kappa shape index (κ1) is 26.6. The predicted molar refractivity (Wildman–Crippen MR) is 111 cm³/mol. The number of carbonyl (C=O) groups excluding carboxylic acids is 3. The van der Waals surface area contributed by atoms with Crippen LogP contribution in [0.5, 0.6) is 0 Å². The summed E-state index contributed by atoms with van der Waals surface area (Å²) in [7, 11) is -1.70. The smallest absolute Gasteiger partial charge is 0.426 e. The highest BCUT2D eigenvalue weighted by atomic mass is 16.4. The van der Waals surface area contributed by atoms with Crippen molar-refractivity contribution in [2.45, 2.75) is 97.3 Å². The lowest BCUT2D eigenvalue weighted by atomic mass is 9.74. The molecule has 0 aromatic rings. The van der Waals surface area contributed by atoms with Crippen molar-refractivity contribution in [1.29, 1.82) is 0 Å². The maximum atomic E-state index is 12.5. The van der Waals surface area contributed by atoms with Crippen LogP contribution in [0, 0.1) is 11.8 Å². The van der Waals surface area contributed by atoms with Gasteiger partial charge in [-0.15, -0.1) is 0 Å². The number of Topliss-reactive ketones (excluding diaryl/α,β-unsaturated/α-hetero) is 1. The largest absolute Gasteiger partial charge is 0.475 e. The lowest BCUT2D eigenvalue weighted by Crippen LogP contribution is -2.49. The van der Waals surface area contributed by atoms with Crippen LogP contribution in [0.25, 0.3) is 0 Å². The highest BCUT2D eigenvalue weighted by molar-refractivity contribution is 6.43. The van der Waals surface area contributed by atoms with Crippen LogP contribution in [0.2, 0.25) is 0 Å². The number of ketones is 1. The fourth-order valence-corrected chi connectivity index (χ4v) is 3.22. The van der Waals surface area contributed by atoms with Crippen LogP contribution in [0.15, 0.2) is 0 Å². The first-order valence-electron chi connectivity index (χ1n) is 10.6. The van der Waals surface area contributed by atoms with E-state index in [0.29, 0.717) is 12.8 Å². The van der Waals surface area contributed by atoms with Crippen LogP contribution in [0.4, 0.5) is 0 Å². The number of hydrogen-bond donors (Lipinski definition) is 4. The highest BCUT2D eigenvalue weighted by Crippen LogP contribution is 2.15. The van der Waals surface area contributed by atoms with Gasteiger partial charge in [-0.3, -0.25) is 14.4 Å². The summed E-state index contributed by atoms with van der Waals surface area (Å²) in [5.41, 5.74) is 5.23. The molecule has 0 aliphatic carbocycles. The summed E-state index contributed by atoms with van der Waals surface area (Å²) < 4.78 is 0. The van der Waals surface area contributed by atoms with Crippen molar-refractivity contribution in [3.05, 3.63) is 0 Å². The molecule has 0 rings (SSSR count). The number of unbranched alkanes of at least 4 members (excludes halogenated alkanes) is 6. The zero-order chi connectivity index (χ0) is 21.5. The molecular formula is C20H39BN2O5. The minimum absolute atomic E-state index is 0.0550. The van der Waals surface area contributed by atoms with Gasteiger partial charge in [0.2, 0.25) is 11.8 Å². The van der Waals surface area contributed by atoms with E-state index in [-0.39, 0.29) is 24.5 Å². The van der Waals surface area contributed by atoms with Gasteiger partial charge in [0.15, 0.2) is 0 Å². The van der Waals surface area contributed by atoms with E-state index in [9.17, 15) is 24.4 Å². The SMILES string of the molecule is CCCCCCCCCC(=O)C[C@@H](CC(N)=O)C(=O)N[C@@H](CC(C)C)B(O)O. The van der Waals surface area contributed by atoms with Crippen molar-refractivity contribution < 1.29 is 24.4 Å². The second-order valence-electron chi connectivity index (χ2n) is 8.14. The molecule has 0 heterocycles. The Morgan fingerprint density at radius 3 is 2.04 bits per heavy atom.